The Labute approximate surface area is 322 Å². The maximum atomic E-state index is 14.4. The van der Waals surface area contributed by atoms with E-state index in [1.54, 1.807) is 54.6 Å². The number of fused-ring (bicyclic) bond motifs is 3. The number of benzene rings is 3. The number of aliphatic hydroxyl groups excluding tert-OH is 3. The van der Waals surface area contributed by atoms with Gasteiger partial charge in [0.1, 0.15) is 33.1 Å². The molecule has 0 saturated carbocycles. The summed E-state index contributed by atoms with van der Waals surface area (Å²) in [6, 6.07) is 16.3. The van der Waals surface area contributed by atoms with Gasteiger partial charge in [-0.2, -0.15) is 13.2 Å². The quantitative estimate of drug-likeness (QED) is 0.0382. The van der Waals surface area contributed by atoms with E-state index in [4.69, 9.17) is 36.5 Å². The van der Waals surface area contributed by atoms with Crippen LogP contribution in [0.3, 0.4) is 0 Å². The van der Waals surface area contributed by atoms with E-state index in [0.29, 0.717) is 55.6 Å². The summed E-state index contributed by atoms with van der Waals surface area (Å²) in [5.74, 6) is -3.18. The number of furan rings is 3. The van der Waals surface area contributed by atoms with Crippen molar-refractivity contribution in [1.82, 2.24) is 16.0 Å². The van der Waals surface area contributed by atoms with Crippen LogP contribution in [0.25, 0.3) is 32.9 Å². The minimum atomic E-state index is -4.68. The number of halogens is 7. The third-order valence-corrected chi connectivity index (χ3v) is 10.5. The lowest BCUT2D eigenvalue weighted by Gasteiger charge is -2.29. The van der Waals surface area contributed by atoms with Crippen LogP contribution < -0.4 is 16.0 Å². The molecule has 6 aromatic rings. The first kappa shape index (κ1) is 40.9. The zero-order chi connectivity index (χ0) is 39.4. The Morgan fingerprint density at radius 2 is 1.15 bits per heavy atom. The lowest BCUT2D eigenvalue weighted by molar-refractivity contribution is -0.159. The Kier molecular flexibility index (Phi) is 13.1. The Morgan fingerprint density at radius 3 is 1.65 bits per heavy atom. The summed E-state index contributed by atoms with van der Waals surface area (Å²) in [5.41, 5.74) is 1.94. The molecule has 0 amide bonds. The van der Waals surface area contributed by atoms with Gasteiger partial charge in [0.25, 0.3) is 0 Å². The predicted molar refractivity (Wildman–Crippen MR) is 200 cm³/mol. The minimum Gasteiger partial charge on any atom is -0.464 e. The first-order chi connectivity index (χ1) is 26.3. The highest BCUT2D eigenvalue weighted by molar-refractivity contribution is 6.44. The number of rotatable bonds is 18. The number of nitrogens with one attached hydrogen (secondary N) is 3. The second-order valence-electron chi connectivity index (χ2n) is 13.4. The van der Waals surface area contributed by atoms with Crippen molar-refractivity contribution < 1.29 is 50.5 Å². The van der Waals surface area contributed by atoms with E-state index in [2.05, 4.69) is 16.0 Å². The van der Waals surface area contributed by atoms with E-state index in [1.165, 1.54) is 31.5 Å². The van der Waals surface area contributed by atoms with Gasteiger partial charge in [-0.15, -0.1) is 23.2 Å². The Bertz CT molecular complexity index is 2170. The molecule has 0 spiro atoms. The van der Waals surface area contributed by atoms with Crippen LogP contribution >= 0.6 is 23.2 Å². The van der Waals surface area contributed by atoms with E-state index in [0.717, 1.165) is 0 Å². The van der Waals surface area contributed by atoms with E-state index in [1.807, 2.05) is 0 Å². The first-order valence-electron chi connectivity index (χ1n) is 17.5. The van der Waals surface area contributed by atoms with Gasteiger partial charge < -0.3 is 44.5 Å². The van der Waals surface area contributed by atoms with Crippen molar-refractivity contribution in [3.63, 3.8) is 0 Å². The second-order valence-corrected chi connectivity index (χ2v) is 14.6. The summed E-state index contributed by atoms with van der Waals surface area (Å²) in [6.45, 7) is -1.66. The van der Waals surface area contributed by atoms with Gasteiger partial charge in [0.15, 0.2) is 0 Å². The summed E-state index contributed by atoms with van der Waals surface area (Å²) in [5, 5.41) is 40.8. The molecule has 0 saturated heterocycles. The molecular formula is C39H40Cl2F5N3O6. The molecule has 6 atom stereocenters. The highest BCUT2D eigenvalue weighted by Gasteiger charge is 2.45. The van der Waals surface area contributed by atoms with Gasteiger partial charge in [0.05, 0.1) is 51.0 Å². The highest BCUT2D eigenvalue weighted by atomic mass is 35.5. The first-order valence-corrected chi connectivity index (χ1v) is 18.3. The van der Waals surface area contributed by atoms with Gasteiger partial charge in [-0.3, -0.25) is 0 Å². The van der Waals surface area contributed by atoms with Crippen LogP contribution in [-0.2, 0) is 13.1 Å². The topological polar surface area (TPSA) is 136 Å². The van der Waals surface area contributed by atoms with Gasteiger partial charge in [0, 0.05) is 40.2 Å². The van der Waals surface area contributed by atoms with E-state index >= 15 is 0 Å². The summed E-state index contributed by atoms with van der Waals surface area (Å²) in [4.78, 5) is -1.00. The van der Waals surface area contributed by atoms with Gasteiger partial charge in [-0.1, -0.05) is 36.4 Å². The van der Waals surface area contributed by atoms with Crippen molar-refractivity contribution >= 4 is 56.1 Å². The zero-order valence-electron chi connectivity index (χ0n) is 29.4. The molecule has 16 heteroatoms. The van der Waals surface area contributed by atoms with Crippen molar-refractivity contribution in [2.75, 3.05) is 26.9 Å². The third kappa shape index (κ3) is 9.13. The number of likely N-dealkylation sites (N-methyl/N-ethyl adjacent to an activating group) is 1. The predicted octanol–water partition coefficient (Wildman–Crippen LogP) is 7.69. The molecule has 0 fully saturated rings. The summed E-state index contributed by atoms with van der Waals surface area (Å²) in [7, 11) is 1.50. The van der Waals surface area contributed by atoms with Gasteiger partial charge >= 0.3 is 6.18 Å². The van der Waals surface area contributed by atoms with Crippen LogP contribution in [0.1, 0.15) is 46.0 Å². The Morgan fingerprint density at radius 1 is 0.636 bits per heavy atom. The Balaban J connectivity index is 1.16. The van der Waals surface area contributed by atoms with Crippen molar-refractivity contribution in [2.45, 2.75) is 66.4 Å². The number of aliphatic hydroxyl groups is 3. The van der Waals surface area contributed by atoms with E-state index in [9.17, 15) is 37.3 Å². The molecule has 0 aliphatic heterocycles. The van der Waals surface area contributed by atoms with Crippen LogP contribution in [0, 0.1) is 0 Å². The van der Waals surface area contributed by atoms with Crippen molar-refractivity contribution in [3.8, 4) is 0 Å². The van der Waals surface area contributed by atoms with Gasteiger partial charge in [-0.05, 0) is 60.1 Å². The largest absolute Gasteiger partial charge is 0.464 e. The fourth-order valence-electron chi connectivity index (χ4n) is 7.16. The molecule has 6 N–H and O–H groups in total. The third-order valence-electron chi connectivity index (χ3n) is 10.0. The monoisotopic (exact) mass is 811 g/mol. The zero-order valence-corrected chi connectivity index (χ0v) is 30.9. The van der Waals surface area contributed by atoms with Gasteiger partial charge in [0.2, 0.25) is 6.43 Å². The molecule has 9 nitrogen and oxygen atoms in total. The van der Waals surface area contributed by atoms with Crippen LogP contribution in [0.15, 0.2) is 92.3 Å². The average Bonchev–Trinajstić information content (AvgIpc) is 3.90. The average molecular weight is 813 g/mol. The lowest BCUT2D eigenvalue weighted by Crippen LogP contribution is -2.44. The Hall–Kier alpha value is -3.73. The van der Waals surface area contributed by atoms with Crippen molar-refractivity contribution in [2.24, 2.45) is 0 Å². The maximum Gasteiger partial charge on any atom is 0.397 e. The molecule has 0 bridgehead atoms. The molecule has 0 radical (unpaired) electrons. The van der Waals surface area contributed by atoms with Crippen LogP contribution in [0.2, 0.25) is 0 Å². The molecular weight excluding hydrogens is 772 g/mol. The molecule has 6 rings (SSSR count). The molecule has 6 unspecified atom stereocenters. The van der Waals surface area contributed by atoms with E-state index < -0.39 is 66.5 Å². The molecule has 0 aliphatic rings. The molecule has 0 aliphatic carbocycles. The lowest BCUT2D eigenvalue weighted by atomic mass is 9.90. The number of hydrogen-bond acceptors (Lipinski definition) is 9. The van der Waals surface area contributed by atoms with Crippen LogP contribution in [-0.4, -0.2) is 77.8 Å². The highest BCUT2D eigenvalue weighted by Crippen LogP contribution is 2.39. The summed E-state index contributed by atoms with van der Waals surface area (Å²) < 4.78 is 88.3. The van der Waals surface area contributed by atoms with Crippen molar-refractivity contribution in [3.05, 3.63) is 107 Å². The van der Waals surface area contributed by atoms with Crippen LogP contribution in [0.5, 0.6) is 0 Å². The number of alkyl halides is 7. The summed E-state index contributed by atoms with van der Waals surface area (Å²) >= 11 is 12.9. The molecule has 296 valence electrons. The second kappa shape index (κ2) is 17.6. The maximum absolute atomic E-state index is 14.4. The molecule has 3 heterocycles. The normalized spacial score (nSPS) is 16.0. The van der Waals surface area contributed by atoms with Crippen LogP contribution in [0.4, 0.5) is 22.0 Å². The number of hydrogen-bond donors (Lipinski definition) is 6. The molecule has 3 aromatic carbocycles. The minimum absolute atomic E-state index is 0.0555. The summed E-state index contributed by atoms with van der Waals surface area (Å²) in [6.07, 6.45) is -6.01. The molecule has 3 aromatic heterocycles. The SMILES string of the molecule is CNC(CO)C(c1ccc2cc(CNC(CO)C(c3ccc4cc(CNC(CO)C(c5ccc6ccoc6c5)C(F)(F)F)oc4c3)C(Cl)Cl)oc2c1)C(F)F. The fraction of sp³-hybridized carbons (Fsp3) is 0.385. The molecule has 55 heavy (non-hydrogen) atoms. The van der Waals surface area contributed by atoms with Crippen molar-refractivity contribution in [1.29, 1.82) is 0 Å². The fourth-order valence-corrected chi connectivity index (χ4v) is 7.80. The van der Waals surface area contributed by atoms with Gasteiger partial charge in [-0.25, -0.2) is 8.78 Å². The van der Waals surface area contributed by atoms with E-state index in [-0.39, 0.29) is 25.3 Å². The standard InChI is InChI=1S/C39H40Cl2F5N3O6/c1-47-28(17-50)35(38(42)43)24-6-4-22-10-26(54-33(22)13-24)15-48-29(18-51)34(37(40)41)23-5-3-21-11-27(55-32(21)12-23)16-49-30(19-52)36(39(44,45)46)25-7-2-20-8-9-53-31(20)14-25/h2-14,28-30,34-38,47-52H,15-19H2,1H3. The smallest absolute Gasteiger partial charge is 0.397 e.